The van der Waals surface area contributed by atoms with Gasteiger partial charge in [0.05, 0.1) is 4.92 Å². The first-order chi connectivity index (χ1) is 12.9. The Bertz CT molecular complexity index is 997. The van der Waals surface area contributed by atoms with Gasteiger partial charge in [-0.25, -0.2) is 4.79 Å². The third kappa shape index (κ3) is 3.76. The number of benzene rings is 2. The molecular weight excluding hydrogens is 354 g/mol. The normalized spacial score (nSPS) is 11.8. The van der Waals surface area contributed by atoms with Crippen LogP contribution >= 0.6 is 0 Å². The summed E-state index contributed by atoms with van der Waals surface area (Å²) >= 11 is 0. The van der Waals surface area contributed by atoms with E-state index in [0.717, 1.165) is 0 Å². The van der Waals surface area contributed by atoms with Crippen molar-refractivity contribution >= 4 is 11.7 Å². The number of aryl methyl sites for hydroxylation is 1. The van der Waals surface area contributed by atoms with Gasteiger partial charge in [-0.05, 0) is 37.6 Å². The molecule has 0 unspecified atom stereocenters. The summed E-state index contributed by atoms with van der Waals surface area (Å²) in [7, 11) is 0. The number of nitrogens with zero attached hydrogens (tertiary/aromatic N) is 3. The van der Waals surface area contributed by atoms with Crippen molar-refractivity contribution in [1.29, 1.82) is 0 Å². The first-order valence-electron chi connectivity index (χ1n) is 7.94. The Kier molecular flexibility index (Phi) is 4.84. The maximum atomic E-state index is 12.2. The summed E-state index contributed by atoms with van der Waals surface area (Å²) in [6.45, 7) is 3.22. The van der Waals surface area contributed by atoms with Crippen molar-refractivity contribution in [2.45, 2.75) is 20.0 Å². The topological polar surface area (TPSA) is 129 Å². The molecule has 1 aromatic heterocycles. The Hall–Kier alpha value is -3.75. The highest BCUT2D eigenvalue weighted by Gasteiger charge is 2.22. The summed E-state index contributed by atoms with van der Waals surface area (Å²) in [6.07, 6.45) is -0.850. The minimum atomic E-state index is -0.850. The van der Waals surface area contributed by atoms with Crippen LogP contribution in [0.3, 0.4) is 0 Å². The number of ether oxygens (including phenoxy) is 1. The molecule has 0 amide bonds. The molecular formula is C18H15N3O6. The van der Waals surface area contributed by atoms with Gasteiger partial charge < -0.3 is 14.3 Å². The van der Waals surface area contributed by atoms with Crippen molar-refractivity contribution in [3.8, 4) is 17.2 Å². The van der Waals surface area contributed by atoms with Crippen LogP contribution in [0.25, 0.3) is 11.5 Å². The molecule has 0 radical (unpaired) electrons. The molecule has 1 atom stereocenters. The van der Waals surface area contributed by atoms with Crippen molar-refractivity contribution < 1.29 is 24.0 Å². The zero-order valence-electron chi connectivity index (χ0n) is 14.4. The maximum absolute atomic E-state index is 12.2. The molecule has 1 heterocycles. The summed E-state index contributed by atoms with van der Waals surface area (Å²) in [6, 6.07) is 10.4. The molecule has 9 nitrogen and oxygen atoms in total. The molecule has 27 heavy (non-hydrogen) atoms. The Morgan fingerprint density at radius 2 is 1.93 bits per heavy atom. The van der Waals surface area contributed by atoms with Gasteiger partial charge >= 0.3 is 5.97 Å². The fraction of sp³-hybridized carbons (Fsp3) is 0.167. The number of rotatable bonds is 5. The van der Waals surface area contributed by atoms with Crippen LogP contribution in [0.1, 0.15) is 34.8 Å². The predicted molar refractivity (Wildman–Crippen MR) is 93.1 cm³/mol. The second-order valence-corrected chi connectivity index (χ2v) is 5.77. The number of para-hydroxylation sites is 1. The SMILES string of the molecule is Cc1cccc(C(=O)O[C@@H](C)c2nnc(-c3ccc([N+](=O)[O-])cc3)o2)c1O. The van der Waals surface area contributed by atoms with Crippen LogP contribution in [0.5, 0.6) is 5.75 Å². The van der Waals surface area contributed by atoms with E-state index >= 15 is 0 Å². The lowest BCUT2D eigenvalue weighted by molar-refractivity contribution is -0.384. The van der Waals surface area contributed by atoms with E-state index < -0.39 is 17.0 Å². The van der Waals surface area contributed by atoms with E-state index in [1.165, 1.54) is 30.3 Å². The summed E-state index contributed by atoms with van der Waals surface area (Å²) in [5.41, 5.74) is 1.03. The third-order valence-corrected chi connectivity index (χ3v) is 3.85. The standard InChI is InChI=1S/C18H15N3O6/c1-10-4-3-5-14(15(10)22)18(23)26-11(2)16-19-20-17(27-16)12-6-8-13(9-7-12)21(24)25/h3-9,11,22H,1-2H3/t11-/m0/s1. The van der Waals surface area contributed by atoms with Crippen molar-refractivity contribution in [2.75, 3.05) is 0 Å². The number of hydrogen-bond donors (Lipinski definition) is 1. The molecule has 9 heteroatoms. The van der Waals surface area contributed by atoms with Gasteiger partial charge in [0.15, 0.2) is 6.10 Å². The van der Waals surface area contributed by atoms with Crippen molar-refractivity contribution in [3.05, 3.63) is 69.6 Å². The van der Waals surface area contributed by atoms with E-state index in [1.54, 1.807) is 26.0 Å². The monoisotopic (exact) mass is 369 g/mol. The Morgan fingerprint density at radius 3 is 2.59 bits per heavy atom. The van der Waals surface area contributed by atoms with Crippen LogP contribution in [0.4, 0.5) is 5.69 Å². The van der Waals surface area contributed by atoms with Gasteiger partial charge in [-0.3, -0.25) is 10.1 Å². The number of phenolic OH excluding ortho intramolecular Hbond substituents is 1. The Balaban J connectivity index is 1.74. The zero-order chi connectivity index (χ0) is 19.6. The number of nitro benzene ring substituents is 1. The maximum Gasteiger partial charge on any atom is 0.342 e. The number of esters is 1. The van der Waals surface area contributed by atoms with Crippen LogP contribution in [0, 0.1) is 17.0 Å². The Morgan fingerprint density at radius 1 is 1.22 bits per heavy atom. The predicted octanol–water partition coefficient (Wildman–Crippen LogP) is 3.58. The van der Waals surface area contributed by atoms with E-state index in [1.807, 2.05) is 0 Å². The molecule has 0 aliphatic heterocycles. The number of phenols is 1. The quantitative estimate of drug-likeness (QED) is 0.410. The number of non-ortho nitro benzene ring substituents is 1. The van der Waals surface area contributed by atoms with Crippen LogP contribution in [-0.2, 0) is 4.74 Å². The summed E-state index contributed by atoms with van der Waals surface area (Å²) in [5, 5.41) is 28.4. The molecule has 0 bridgehead atoms. The number of carbonyl (C=O) groups excluding carboxylic acids is 1. The largest absolute Gasteiger partial charge is 0.507 e. The molecule has 0 saturated heterocycles. The first-order valence-corrected chi connectivity index (χ1v) is 7.94. The van der Waals surface area contributed by atoms with Gasteiger partial charge in [0.2, 0.25) is 5.89 Å². The summed E-state index contributed by atoms with van der Waals surface area (Å²) in [4.78, 5) is 22.4. The van der Waals surface area contributed by atoms with E-state index in [0.29, 0.717) is 11.1 Å². The Labute approximate surface area is 153 Å². The second-order valence-electron chi connectivity index (χ2n) is 5.77. The molecule has 0 fully saturated rings. The lowest BCUT2D eigenvalue weighted by Crippen LogP contribution is -2.10. The molecule has 2 aromatic carbocycles. The number of carbonyl (C=O) groups is 1. The van der Waals surface area contributed by atoms with Crippen LogP contribution in [-0.4, -0.2) is 26.2 Å². The fourth-order valence-electron chi connectivity index (χ4n) is 2.34. The number of aromatic nitrogens is 2. The van der Waals surface area contributed by atoms with E-state index in [9.17, 15) is 20.0 Å². The summed E-state index contributed by atoms with van der Waals surface area (Å²) < 4.78 is 10.8. The second kappa shape index (κ2) is 7.24. The average Bonchev–Trinajstić information content (AvgIpc) is 3.14. The van der Waals surface area contributed by atoms with Gasteiger partial charge in [-0.2, -0.15) is 0 Å². The first kappa shape index (κ1) is 18.1. The molecule has 3 rings (SSSR count). The van der Waals surface area contributed by atoms with Crippen LogP contribution in [0.2, 0.25) is 0 Å². The van der Waals surface area contributed by atoms with Crippen LogP contribution in [0.15, 0.2) is 46.9 Å². The minimum Gasteiger partial charge on any atom is -0.507 e. The van der Waals surface area contributed by atoms with Crippen molar-refractivity contribution in [3.63, 3.8) is 0 Å². The van der Waals surface area contributed by atoms with Gasteiger partial charge in [0.1, 0.15) is 11.3 Å². The van der Waals surface area contributed by atoms with Crippen molar-refractivity contribution in [2.24, 2.45) is 0 Å². The fourth-order valence-corrected chi connectivity index (χ4v) is 2.34. The summed E-state index contributed by atoms with van der Waals surface area (Å²) in [5.74, 6) is -0.671. The van der Waals surface area contributed by atoms with Crippen LogP contribution < -0.4 is 0 Å². The van der Waals surface area contributed by atoms with E-state index in [-0.39, 0.29) is 28.8 Å². The molecule has 0 spiro atoms. The number of aromatic hydroxyl groups is 1. The number of hydrogen-bond acceptors (Lipinski definition) is 8. The van der Waals surface area contributed by atoms with Gasteiger partial charge in [0, 0.05) is 17.7 Å². The molecule has 0 aliphatic carbocycles. The molecule has 138 valence electrons. The molecule has 0 aliphatic rings. The lowest BCUT2D eigenvalue weighted by atomic mass is 10.1. The third-order valence-electron chi connectivity index (χ3n) is 3.85. The molecule has 0 saturated carbocycles. The highest BCUT2D eigenvalue weighted by molar-refractivity contribution is 5.92. The lowest BCUT2D eigenvalue weighted by Gasteiger charge is -2.11. The highest BCUT2D eigenvalue weighted by atomic mass is 16.6. The van der Waals surface area contributed by atoms with Gasteiger partial charge in [-0.15, -0.1) is 10.2 Å². The zero-order valence-corrected chi connectivity index (χ0v) is 14.4. The minimum absolute atomic E-state index is 0.0388. The molecule has 1 N–H and O–H groups in total. The van der Waals surface area contributed by atoms with E-state index in [2.05, 4.69) is 10.2 Å². The number of nitro groups is 1. The van der Waals surface area contributed by atoms with E-state index in [4.69, 9.17) is 9.15 Å². The smallest absolute Gasteiger partial charge is 0.342 e. The highest BCUT2D eigenvalue weighted by Crippen LogP contribution is 2.27. The molecule has 3 aromatic rings. The van der Waals surface area contributed by atoms with Crippen molar-refractivity contribution in [1.82, 2.24) is 10.2 Å². The average molecular weight is 369 g/mol. The van der Waals surface area contributed by atoms with Gasteiger partial charge in [-0.1, -0.05) is 12.1 Å². The van der Waals surface area contributed by atoms with Gasteiger partial charge in [0.25, 0.3) is 11.6 Å².